The number of benzene rings is 10. The van der Waals surface area contributed by atoms with Crippen LogP contribution in [0.25, 0.3) is 88.6 Å². The molecular formula is C58H36N4OPt+2. The summed E-state index contributed by atoms with van der Waals surface area (Å²) in [6.07, 6.45) is 7.47. The van der Waals surface area contributed by atoms with E-state index < -0.39 is 0 Å². The molecule has 0 radical (unpaired) electrons. The van der Waals surface area contributed by atoms with Crippen LogP contribution in [0, 0.1) is 24.8 Å². The third-order valence-corrected chi connectivity index (χ3v) is 11.8. The van der Waals surface area contributed by atoms with E-state index in [0.717, 1.165) is 88.6 Å². The Morgan fingerprint density at radius 3 is 1.23 bits per heavy atom. The van der Waals surface area contributed by atoms with E-state index in [1.165, 1.54) is 0 Å². The molecule has 0 spiro atoms. The SMILES string of the molecule is [Pt+4].[c-]1c(Oc2[c-]c(-n3[c-][n+](-c4ccccc4-c4ccccc4)c4ccc5ccccc5c43)ccc2)cccc1-n1[c-][n+](-c2ccccc2-c2ccccc2)c2ccc3ccccc3c21. The second-order valence-corrected chi connectivity index (χ2v) is 15.5. The van der Waals surface area contributed by atoms with E-state index in [2.05, 4.69) is 225 Å². The summed E-state index contributed by atoms with van der Waals surface area (Å²) in [5.41, 5.74) is 12.3. The summed E-state index contributed by atoms with van der Waals surface area (Å²) in [6, 6.07) is 82.9. The molecule has 0 bridgehead atoms. The van der Waals surface area contributed by atoms with Crippen molar-refractivity contribution in [3.8, 4) is 56.5 Å². The quantitative estimate of drug-likeness (QED) is 0.110. The third-order valence-electron chi connectivity index (χ3n) is 11.8. The molecule has 10 aromatic carbocycles. The van der Waals surface area contributed by atoms with Crippen molar-refractivity contribution in [1.82, 2.24) is 9.13 Å². The van der Waals surface area contributed by atoms with Crippen molar-refractivity contribution in [2.75, 3.05) is 0 Å². The van der Waals surface area contributed by atoms with Crippen molar-refractivity contribution in [3.63, 3.8) is 0 Å². The maximum Gasteiger partial charge on any atom is 4.00 e. The summed E-state index contributed by atoms with van der Waals surface area (Å²) < 4.78 is 15.2. The first kappa shape index (κ1) is 39.0. The van der Waals surface area contributed by atoms with Crippen LogP contribution in [0.4, 0.5) is 0 Å². The molecule has 5 nitrogen and oxygen atoms in total. The number of ether oxygens (including phenoxy) is 1. The first-order valence-corrected chi connectivity index (χ1v) is 21.0. The van der Waals surface area contributed by atoms with Gasteiger partial charge < -0.3 is 13.9 Å². The molecule has 0 aliphatic heterocycles. The van der Waals surface area contributed by atoms with Crippen molar-refractivity contribution in [3.05, 3.63) is 243 Å². The van der Waals surface area contributed by atoms with Gasteiger partial charge in [-0.25, -0.2) is 0 Å². The van der Waals surface area contributed by atoms with Gasteiger partial charge in [0.25, 0.3) is 12.7 Å². The average molecular weight is 1000 g/mol. The number of imidazole rings is 2. The standard InChI is InChI=1S/C58H36N4O.Pt/c1-3-17-41(18-4-1)49-27-11-13-31-53(49)61-39-59(57-51-29-9-7-21-43(51)33-35-55(57)61)45-23-15-25-47(37-45)63-48-26-16-24-46(38-48)60-40-62(56-36-34-44-22-8-10-30-52(44)58(56)60)54-32-14-12-28-50(54)42-19-5-2-6-20-42;/h1-36H;/q-2;+4. The summed E-state index contributed by atoms with van der Waals surface area (Å²) in [5, 5.41) is 4.53. The Bertz CT molecular complexity index is 3430. The maximum atomic E-state index is 6.66. The molecule has 0 aliphatic carbocycles. The zero-order chi connectivity index (χ0) is 41.7. The van der Waals surface area contributed by atoms with Gasteiger partial charge in [-0.05, 0) is 67.3 Å². The summed E-state index contributed by atoms with van der Waals surface area (Å²) in [4.78, 5) is 0. The van der Waals surface area contributed by atoms with Gasteiger partial charge in [0.05, 0.1) is 33.4 Å². The fourth-order valence-corrected chi connectivity index (χ4v) is 8.87. The van der Waals surface area contributed by atoms with Gasteiger partial charge in [0.2, 0.25) is 0 Å². The molecule has 0 N–H and O–H groups in total. The predicted molar refractivity (Wildman–Crippen MR) is 251 cm³/mol. The smallest absolute Gasteiger partial charge is 0.510 e. The van der Waals surface area contributed by atoms with E-state index in [9.17, 15) is 0 Å². The number of fused-ring (bicyclic) bond motifs is 6. The second-order valence-electron chi connectivity index (χ2n) is 15.5. The van der Waals surface area contributed by atoms with Gasteiger partial charge >= 0.3 is 21.1 Å². The van der Waals surface area contributed by atoms with Crippen molar-refractivity contribution < 1.29 is 34.9 Å². The molecule has 302 valence electrons. The molecule has 0 saturated carbocycles. The van der Waals surface area contributed by atoms with Gasteiger partial charge in [0.15, 0.2) is 0 Å². The molecule has 64 heavy (non-hydrogen) atoms. The van der Waals surface area contributed by atoms with E-state index in [1.54, 1.807) is 0 Å². The Hall–Kier alpha value is -7.85. The van der Waals surface area contributed by atoms with Crippen molar-refractivity contribution in [1.29, 1.82) is 0 Å². The van der Waals surface area contributed by atoms with Crippen LogP contribution in [0.3, 0.4) is 0 Å². The number of hydrogen-bond acceptors (Lipinski definition) is 1. The van der Waals surface area contributed by atoms with Crippen LogP contribution in [0.2, 0.25) is 0 Å². The van der Waals surface area contributed by atoms with Crippen molar-refractivity contribution in [2.45, 2.75) is 0 Å². The van der Waals surface area contributed by atoms with E-state index in [0.29, 0.717) is 11.5 Å². The van der Waals surface area contributed by atoms with E-state index in [1.807, 2.05) is 36.4 Å². The summed E-state index contributed by atoms with van der Waals surface area (Å²) in [5.74, 6) is 1.12. The molecule has 0 aliphatic rings. The molecule has 2 aromatic heterocycles. The molecule has 12 rings (SSSR count). The van der Waals surface area contributed by atoms with Gasteiger partial charge in [-0.2, -0.15) is 24.3 Å². The fraction of sp³-hybridized carbons (Fsp3) is 0. The molecule has 0 fully saturated rings. The molecule has 0 saturated heterocycles. The Morgan fingerprint density at radius 1 is 0.359 bits per heavy atom. The Kier molecular flexibility index (Phi) is 10.0. The van der Waals surface area contributed by atoms with Crippen LogP contribution in [-0.4, -0.2) is 9.13 Å². The van der Waals surface area contributed by atoms with Crippen LogP contribution in [0.1, 0.15) is 0 Å². The van der Waals surface area contributed by atoms with Crippen LogP contribution in [-0.2, 0) is 21.1 Å². The first-order chi connectivity index (χ1) is 31.2. The molecule has 0 amide bonds. The Morgan fingerprint density at radius 2 is 0.766 bits per heavy atom. The molecular weight excluding hydrogens is 964 g/mol. The number of hydrogen-bond donors (Lipinski definition) is 0. The second kappa shape index (κ2) is 16.4. The average Bonchev–Trinajstić information content (AvgIpc) is 3.95. The zero-order valence-electron chi connectivity index (χ0n) is 34.3. The molecule has 0 atom stereocenters. The van der Waals surface area contributed by atoms with E-state index >= 15 is 0 Å². The number of nitrogens with zero attached hydrogens (tertiary/aromatic N) is 4. The summed E-state index contributed by atoms with van der Waals surface area (Å²) in [6.45, 7) is 0. The van der Waals surface area contributed by atoms with Crippen LogP contribution in [0.15, 0.2) is 218 Å². The van der Waals surface area contributed by atoms with Gasteiger partial charge in [-0.1, -0.05) is 170 Å². The van der Waals surface area contributed by atoms with Crippen LogP contribution >= 0.6 is 0 Å². The van der Waals surface area contributed by atoms with Crippen molar-refractivity contribution >= 4 is 43.6 Å². The first-order valence-electron chi connectivity index (χ1n) is 21.0. The normalized spacial score (nSPS) is 11.3. The van der Waals surface area contributed by atoms with Crippen molar-refractivity contribution in [2.24, 2.45) is 0 Å². The molecule has 2 heterocycles. The van der Waals surface area contributed by atoms with E-state index in [-0.39, 0.29) is 21.1 Å². The van der Waals surface area contributed by atoms with Gasteiger partial charge in [0, 0.05) is 11.5 Å². The number of rotatable bonds is 8. The van der Waals surface area contributed by atoms with Crippen LogP contribution in [0.5, 0.6) is 11.5 Å². The number of aromatic nitrogens is 4. The molecule has 0 unspecified atom stereocenters. The monoisotopic (exact) mass is 999 g/mol. The largest absolute Gasteiger partial charge is 4.00 e. The minimum atomic E-state index is 0. The minimum absolute atomic E-state index is 0. The van der Waals surface area contributed by atoms with Gasteiger partial charge in [-0.3, -0.25) is 9.13 Å². The van der Waals surface area contributed by atoms with Gasteiger partial charge in [0.1, 0.15) is 0 Å². The summed E-state index contributed by atoms with van der Waals surface area (Å²) in [7, 11) is 0. The van der Waals surface area contributed by atoms with Gasteiger partial charge in [-0.15, -0.1) is 24.3 Å². The summed E-state index contributed by atoms with van der Waals surface area (Å²) >= 11 is 0. The predicted octanol–water partition coefficient (Wildman–Crippen LogP) is 12.8. The topological polar surface area (TPSA) is 26.8 Å². The Balaban J connectivity index is 0.00000456. The fourth-order valence-electron chi connectivity index (χ4n) is 8.87. The number of para-hydroxylation sites is 2. The Labute approximate surface area is 385 Å². The minimum Gasteiger partial charge on any atom is -0.510 e. The molecule has 12 aromatic rings. The van der Waals surface area contributed by atoms with Crippen LogP contribution < -0.4 is 13.9 Å². The third kappa shape index (κ3) is 6.78. The molecule has 6 heteroatoms. The van der Waals surface area contributed by atoms with E-state index in [4.69, 9.17) is 4.74 Å². The maximum absolute atomic E-state index is 6.66. The zero-order valence-corrected chi connectivity index (χ0v) is 36.6.